The number of methoxy groups -OCH3 is 3. The van der Waals surface area contributed by atoms with Crippen LogP contribution in [0.1, 0.15) is 23.6 Å². The second kappa shape index (κ2) is 9.37. The van der Waals surface area contributed by atoms with Gasteiger partial charge in [0.15, 0.2) is 11.5 Å². The molecule has 1 atom stereocenters. The van der Waals surface area contributed by atoms with Gasteiger partial charge >= 0.3 is 0 Å². The number of ether oxygens (including phenoxy) is 3. The summed E-state index contributed by atoms with van der Waals surface area (Å²) in [5.41, 5.74) is 2.37. The van der Waals surface area contributed by atoms with Crippen molar-refractivity contribution in [2.45, 2.75) is 12.5 Å². The molecule has 1 aliphatic rings. The fraction of sp³-hybridized carbons (Fsp3) is 0.360. The first kappa shape index (κ1) is 20.5. The molecule has 1 saturated heterocycles. The lowest BCUT2D eigenvalue weighted by atomic mass is 9.91. The summed E-state index contributed by atoms with van der Waals surface area (Å²) in [6.07, 6.45) is 1.11. The monoisotopic (exact) mass is 406 g/mol. The highest BCUT2D eigenvalue weighted by atomic mass is 16.5. The molecule has 5 nitrogen and oxygen atoms in total. The Morgan fingerprint density at radius 3 is 2.30 bits per heavy atom. The smallest absolute Gasteiger partial charge is 0.164 e. The highest BCUT2D eigenvalue weighted by molar-refractivity contribution is 5.86. The van der Waals surface area contributed by atoms with Gasteiger partial charge in [-0.3, -0.25) is 4.90 Å². The van der Waals surface area contributed by atoms with Gasteiger partial charge in [-0.15, -0.1) is 0 Å². The van der Waals surface area contributed by atoms with Crippen LogP contribution in [-0.2, 0) is 0 Å². The second-order valence-electron chi connectivity index (χ2n) is 7.56. The molecule has 0 bridgehead atoms. The first-order valence-corrected chi connectivity index (χ1v) is 10.5. The Bertz CT molecular complexity index is 992. The molecule has 0 saturated carbocycles. The number of rotatable bonds is 6. The van der Waals surface area contributed by atoms with E-state index in [0.717, 1.165) is 43.9 Å². The van der Waals surface area contributed by atoms with Crippen LogP contribution < -0.4 is 19.5 Å². The van der Waals surface area contributed by atoms with Gasteiger partial charge in [0, 0.05) is 31.3 Å². The van der Waals surface area contributed by atoms with E-state index in [1.807, 2.05) is 6.07 Å². The topological polar surface area (TPSA) is 43.0 Å². The predicted molar refractivity (Wildman–Crippen MR) is 121 cm³/mol. The number of hydrogen-bond donors (Lipinski definition) is 1. The van der Waals surface area contributed by atoms with E-state index in [1.54, 1.807) is 21.3 Å². The van der Waals surface area contributed by atoms with Crippen molar-refractivity contribution in [3.8, 4) is 17.2 Å². The fourth-order valence-electron chi connectivity index (χ4n) is 4.44. The molecule has 1 heterocycles. The lowest BCUT2D eigenvalue weighted by molar-refractivity contribution is 0.236. The molecule has 0 aliphatic carbocycles. The van der Waals surface area contributed by atoms with Crippen molar-refractivity contribution >= 4 is 10.8 Å². The number of hydrogen-bond acceptors (Lipinski definition) is 5. The van der Waals surface area contributed by atoms with E-state index in [-0.39, 0.29) is 6.04 Å². The summed E-state index contributed by atoms with van der Waals surface area (Å²) in [6.45, 7) is 3.99. The average Bonchev–Trinajstić information content (AvgIpc) is 3.08. The van der Waals surface area contributed by atoms with E-state index >= 15 is 0 Å². The first-order valence-electron chi connectivity index (χ1n) is 10.5. The molecule has 158 valence electrons. The normalized spacial score (nSPS) is 16.1. The lowest BCUT2D eigenvalue weighted by Crippen LogP contribution is -2.33. The number of nitrogens with one attached hydrogen (secondary N) is 1. The Kier molecular flexibility index (Phi) is 6.41. The van der Waals surface area contributed by atoms with Crippen LogP contribution in [0.15, 0.2) is 54.6 Å². The SMILES string of the molecule is COc1cc(OC)c(C(c2cccc3ccccc23)N2CCCNCC2)cc1OC. The molecular formula is C25H30N2O3. The van der Waals surface area contributed by atoms with E-state index in [2.05, 4.69) is 58.7 Å². The van der Waals surface area contributed by atoms with Gasteiger partial charge in [-0.2, -0.15) is 0 Å². The van der Waals surface area contributed by atoms with Crippen molar-refractivity contribution in [1.82, 2.24) is 10.2 Å². The second-order valence-corrected chi connectivity index (χ2v) is 7.56. The lowest BCUT2D eigenvalue weighted by Gasteiger charge is -2.33. The third-order valence-electron chi connectivity index (χ3n) is 5.89. The Balaban J connectivity index is 1.94. The molecule has 1 fully saturated rings. The van der Waals surface area contributed by atoms with Crippen molar-refractivity contribution < 1.29 is 14.2 Å². The molecule has 0 spiro atoms. The largest absolute Gasteiger partial charge is 0.496 e. The van der Waals surface area contributed by atoms with Crippen molar-refractivity contribution in [2.24, 2.45) is 0 Å². The van der Waals surface area contributed by atoms with Crippen LogP contribution in [0.4, 0.5) is 0 Å². The van der Waals surface area contributed by atoms with Gasteiger partial charge < -0.3 is 19.5 Å². The van der Waals surface area contributed by atoms with Crippen LogP contribution in [0.5, 0.6) is 17.2 Å². The Hall–Kier alpha value is -2.76. The summed E-state index contributed by atoms with van der Waals surface area (Å²) in [6, 6.07) is 19.2. The molecule has 3 aromatic rings. The Labute approximate surface area is 178 Å². The summed E-state index contributed by atoms with van der Waals surface area (Å²) in [4.78, 5) is 2.55. The summed E-state index contributed by atoms with van der Waals surface area (Å²) >= 11 is 0. The van der Waals surface area contributed by atoms with Crippen molar-refractivity contribution in [3.63, 3.8) is 0 Å². The minimum absolute atomic E-state index is 0.0470. The third-order valence-corrected chi connectivity index (χ3v) is 5.89. The van der Waals surface area contributed by atoms with Gasteiger partial charge in [0.05, 0.1) is 27.4 Å². The molecule has 1 unspecified atom stereocenters. The standard InChI is InChI=1S/C25H30N2O3/c1-28-22-17-24(30-3)23(29-2)16-21(22)25(27-14-7-12-26-13-15-27)20-11-6-9-18-8-4-5-10-19(18)20/h4-6,8-11,16-17,25-26H,7,12-15H2,1-3H3. The van der Waals surface area contributed by atoms with Gasteiger partial charge in [0.25, 0.3) is 0 Å². The van der Waals surface area contributed by atoms with Crippen molar-refractivity contribution in [3.05, 3.63) is 65.7 Å². The maximum Gasteiger partial charge on any atom is 0.164 e. The first-order chi connectivity index (χ1) is 14.8. The quantitative estimate of drug-likeness (QED) is 0.663. The molecule has 0 aromatic heterocycles. The van der Waals surface area contributed by atoms with Gasteiger partial charge in [-0.25, -0.2) is 0 Å². The molecule has 1 aliphatic heterocycles. The minimum atomic E-state index is 0.0470. The maximum atomic E-state index is 5.85. The van der Waals surface area contributed by atoms with Crippen LogP contribution in [0.2, 0.25) is 0 Å². The van der Waals surface area contributed by atoms with Gasteiger partial charge in [-0.05, 0) is 35.4 Å². The predicted octanol–water partition coefficient (Wildman–Crippen LogP) is 4.25. The van der Waals surface area contributed by atoms with E-state index in [0.29, 0.717) is 11.5 Å². The molecule has 0 radical (unpaired) electrons. The van der Waals surface area contributed by atoms with E-state index in [4.69, 9.17) is 14.2 Å². The van der Waals surface area contributed by atoms with Crippen LogP contribution in [-0.4, -0.2) is 52.4 Å². The average molecular weight is 407 g/mol. The summed E-state index contributed by atoms with van der Waals surface area (Å²) in [5, 5.41) is 6.03. The van der Waals surface area contributed by atoms with Crippen LogP contribution in [0.25, 0.3) is 10.8 Å². The Morgan fingerprint density at radius 1 is 0.767 bits per heavy atom. The summed E-state index contributed by atoms with van der Waals surface area (Å²) < 4.78 is 17.0. The molecule has 0 amide bonds. The highest BCUT2D eigenvalue weighted by Gasteiger charge is 2.29. The molecule has 5 heteroatoms. The van der Waals surface area contributed by atoms with Crippen LogP contribution in [0, 0.1) is 0 Å². The molecule has 1 N–H and O–H groups in total. The number of benzene rings is 3. The van der Waals surface area contributed by atoms with Crippen LogP contribution in [0.3, 0.4) is 0 Å². The summed E-state index contributed by atoms with van der Waals surface area (Å²) in [7, 11) is 5.05. The van der Waals surface area contributed by atoms with E-state index < -0.39 is 0 Å². The summed E-state index contributed by atoms with van der Waals surface area (Å²) in [5.74, 6) is 2.20. The zero-order valence-electron chi connectivity index (χ0n) is 18.0. The van der Waals surface area contributed by atoms with Crippen LogP contribution >= 0.6 is 0 Å². The number of nitrogens with zero attached hydrogens (tertiary/aromatic N) is 1. The van der Waals surface area contributed by atoms with Gasteiger partial charge in [0.1, 0.15) is 5.75 Å². The molecule has 30 heavy (non-hydrogen) atoms. The van der Waals surface area contributed by atoms with Crippen molar-refractivity contribution in [1.29, 1.82) is 0 Å². The molecule has 3 aromatic carbocycles. The maximum absolute atomic E-state index is 5.85. The Morgan fingerprint density at radius 2 is 1.50 bits per heavy atom. The zero-order chi connectivity index (χ0) is 20.9. The van der Waals surface area contributed by atoms with Crippen molar-refractivity contribution in [2.75, 3.05) is 47.5 Å². The third kappa shape index (κ3) is 3.95. The highest BCUT2D eigenvalue weighted by Crippen LogP contribution is 2.43. The molecular weight excluding hydrogens is 376 g/mol. The van der Waals surface area contributed by atoms with E-state index in [1.165, 1.54) is 16.3 Å². The zero-order valence-corrected chi connectivity index (χ0v) is 18.0. The van der Waals surface area contributed by atoms with Gasteiger partial charge in [-0.1, -0.05) is 42.5 Å². The fourth-order valence-corrected chi connectivity index (χ4v) is 4.44. The minimum Gasteiger partial charge on any atom is -0.496 e. The van der Waals surface area contributed by atoms with Gasteiger partial charge in [0.2, 0.25) is 0 Å². The number of fused-ring (bicyclic) bond motifs is 1. The molecule has 4 rings (SSSR count). The van der Waals surface area contributed by atoms with E-state index in [9.17, 15) is 0 Å².